The molecule has 0 saturated heterocycles. The van der Waals surface area contributed by atoms with Crippen molar-refractivity contribution in [3.05, 3.63) is 39.6 Å². The zero-order valence-electron chi connectivity index (χ0n) is 13.3. The smallest absolute Gasteiger partial charge is 0.261 e. The van der Waals surface area contributed by atoms with Crippen LogP contribution in [0.25, 0.3) is 5.69 Å². The van der Waals surface area contributed by atoms with E-state index in [0.29, 0.717) is 30.1 Å². The normalized spacial score (nSPS) is 12.7. The maximum absolute atomic E-state index is 12.8. The largest absolute Gasteiger partial charge is 0.516 e. The van der Waals surface area contributed by atoms with Crippen molar-refractivity contribution in [1.82, 2.24) is 9.78 Å². The average Bonchev–Trinajstić information content (AvgIpc) is 2.95. The molecular formula is C13H6Cl2F6N4O2S. The number of hydrogen-bond donors (Lipinski definition) is 0. The quantitative estimate of drug-likeness (QED) is 0.629. The predicted octanol–water partition coefficient (Wildman–Crippen LogP) is 4.36. The van der Waals surface area contributed by atoms with E-state index in [1.165, 1.54) is 6.07 Å². The lowest BCUT2D eigenvalue weighted by Gasteiger charge is -2.19. The van der Waals surface area contributed by atoms with Gasteiger partial charge in [-0.3, -0.25) is 4.31 Å². The monoisotopic (exact) mass is 466 g/mol. The second kappa shape index (κ2) is 7.02. The number of rotatable bonds is 3. The second-order valence-corrected chi connectivity index (χ2v) is 7.90. The van der Waals surface area contributed by atoms with E-state index in [-0.39, 0.29) is 4.31 Å². The van der Waals surface area contributed by atoms with E-state index < -0.39 is 54.4 Å². The lowest BCUT2D eigenvalue weighted by Crippen LogP contribution is -2.38. The Bertz CT molecular complexity index is 1050. The van der Waals surface area contributed by atoms with Crippen LogP contribution in [-0.4, -0.2) is 30.8 Å². The summed E-state index contributed by atoms with van der Waals surface area (Å²) >= 11 is 11.6. The highest BCUT2D eigenvalue weighted by atomic mass is 35.5. The molecule has 0 radical (unpaired) electrons. The molecule has 0 aliphatic heterocycles. The maximum Gasteiger partial charge on any atom is 0.516 e. The third-order valence-corrected chi connectivity index (χ3v) is 5.45. The van der Waals surface area contributed by atoms with E-state index >= 15 is 0 Å². The second-order valence-electron chi connectivity index (χ2n) is 5.12. The third-order valence-electron chi connectivity index (χ3n) is 3.37. The van der Waals surface area contributed by atoms with Gasteiger partial charge in [-0.05, 0) is 12.1 Å². The summed E-state index contributed by atoms with van der Waals surface area (Å²) in [6.07, 6.45) is -4.11. The fourth-order valence-corrected chi connectivity index (χ4v) is 3.39. The van der Waals surface area contributed by atoms with E-state index in [2.05, 4.69) is 5.10 Å². The van der Waals surface area contributed by atoms with Gasteiger partial charge in [0, 0.05) is 7.05 Å². The van der Waals surface area contributed by atoms with Crippen LogP contribution in [0.4, 0.5) is 32.0 Å². The zero-order valence-corrected chi connectivity index (χ0v) is 15.6. The molecule has 2 rings (SSSR count). The molecule has 1 heterocycles. The Labute approximate surface area is 163 Å². The Morgan fingerprint density at radius 2 is 1.64 bits per heavy atom. The zero-order chi connectivity index (χ0) is 21.7. The van der Waals surface area contributed by atoms with Gasteiger partial charge >= 0.3 is 21.7 Å². The van der Waals surface area contributed by atoms with Crippen molar-refractivity contribution in [2.75, 3.05) is 11.4 Å². The van der Waals surface area contributed by atoms with Crippen LogP contribution >= 0.6 is 23.2 Å². The van der Waals surface area contributed by atoms with Crippen LogP contribution in [0.3, 0.4) is 0 Å². The van der Waals surface area contributed by atoms with E-state index in [9.17, 15) is 34.8 Å². The van der Waals surface area contributed by atoms with Crippen LogP contribution < -0.4 is 4.31 Å². The molecular weight excluding hydrogens is 461 g/mol. The molecule has 1 aromatic heterocycles. The highest BCUT2D eigenvalue weighted by Crippen LogP contribution is 2.38. The number of anilines is 1. The van der Waals surface area contributed by atoms with Gasteiger partial charge in [-0.2, -0.15) is 45.1 Å². The fraction of sp³-hybridized carbons (Fsp3) is 0.231. The summed E-state index contributed by atoms with van der Waals surface area (Å²) in [4.78, 5) is 0. The molecule has 15 heteroatoms. The third kappa shape index (κ3) is 3.85. The number of alkyl halides is 6. The number of halogens is 8. The molecule has 6 nitrogen and oxygen atoms in total. The molecule has 28 heavy (non-hydrogen) atoms. The molecule has 0 amide bonds. The molecule has 1 aromatic carbocycles. The van der Waals surface area contributed by atoms with Crippen LogP contribution in [0, 0.1) is 11.3 Å². The summed E-state index contributed by atoms with van der Waals surface area (Å²) in [7, 11) is -5.33. The highest BCUT2D eigenvalue weighted by molar-refractivity contribution is 7.93. The molecule has 0 spiro atoms. The van der Waals surface area contributed by atoms with Gasteiger partial charge in [0.05, 0.1) is 21.8 Å². The Morgan fingerprint density at radius 3 is 2.04 bits per heavy atom. The summed E-state index contributed by atoms with van der Waals surface area (Å²) in [5.41, 5.74) is -8.80. The molecule has 0 fully saturated rings. The minimum atomic E-state index is -5.86. The topological polar surface area (TPSA) is 79.0 Å². The molecule has 0 saturated carbocycles. The molecule has 0 aliphatic carbocycles. The first-order valence-electron chi connectivity index (χ1n) is 6.73. The fourth-order valence-electron chi connectivity index (χ4n) is 2.02. The summed E-state index contributed by atoms with van der Waals surface area (Å²) < 4.78 is 100. The van der Waals surface area contributed by atoms with Crippen molar-refractivity contribution in [3.63, 3.8) is 0 Å². The SMILES string of the molecule is CN(c1cn(-c2c(Cl)cc(C(F)(F)F)cc2Cl)nc1C#N)S(=O)(=O)C(F)(F)F. The number of aromatic nitrogens is 2. The number of nitriles is 1. The average molecular weight is 467 g/mol. The maximum atomic E-state index is 12.8. The Balaban J connectivity index is 2.65. The van der Waals surface area contributed by atoms with Gasteiger partial charge in [0.2, 0.25) is 0 Å². The minimum absolute atomic E-state index is 0.235. The van der Waals surface area contributed by atoms with Gasteiger partial charge in [-0.15, -0.1) is 0 Å². The van der Waals surface area contributed by atoms with Gasteiger partial charge in [-0.25, -0.2) is 4.68 Å². The van der Waals surface area contributed by atoms with E-state index in [1.54, 1.807) is 0 Å². The first kappa shape index (κ1) is 22.1. The van der Waals surface area contributed by atoms with Crippen LogP contribution in [-0.2, 0) is 16.2 Å². The molecule has 152 valence electrons. The predicted molar refractivity (Wildman–Crippen MR) is 86.7 cm³/mol. The molecule has 0 unspecified atom stereocenters. The number of nitrogens with zero attached hydrogens (tertiary/aromatic N) is 4. The van der Waals surface area contributed by atoms with Crippen molar-refractivity contribution >= 4 is 38.9 Å². The van der Waals surface area contributed by atoms with Gasteiger partial charge in [-0.1, -0.05) is 23.2 Å². The van der Waals surface area contributed by atoms with Crippen LogP contribution in [0.15, 0.2) is 18.3 Å². The van der Waals surface area contributed by atoms with Crippen LogP contribution in [0.5, 0.6) is 0 Å². The van der Waals surface area contributed by atoms with Crippen molar-refractivity contribution < 1.29 is 34.8 Å². The molecule has 0 bridgehead atoms. The summed E-state index contributed by atoms with van der Waals surface area (Å²) in [6, 6.07) is 2.38. The lowest BCUT2D eigenvalue weighted by molar-refractivity contribution is -0.137. The lowest BCUT2D eigenvalue weighted by atomic mass is 10.2. The standard InChI is InChI=1S/C13H6Cl2F6N4O2S/c1-24(28(26,27)13(19,20)21)10-5-25(23-9(10)4-22)11-7(14)2-6(3-8(11)15)12(16,17)18/h2-3,5H,1H3. The van der Waals surface area contributed by atoms with Crippen molar-refractivity contribution in [1.29, 1.82) is 5.26 Å². The first-order chi connectivity index (χ1) is 12.6. The molecule has 0 aliphatic rings. The Kier molecular flexibility index (Phi) is 5.54. The summed E-state index contributed by atoms with van der Waals surface area (Å²) in [5, 5.41) is 11.4. The number of benzene rings is 1. The minimum Gasteiger partial charge on any atom is -0.261 e. The van der Waals surface area contributed by atoms with Crippen LogP contribution in [0.1, 0.15) is 11.3 Å². The van der Waals surface area contributed by atoms with Crippen molar-refractivity contribution in [2.24, 2.45) is 0 Å². The van der Waals surface area contributed by atoms with Crippen molar-refractivity contribution in [3.8, 4) is 11.8 Å². The molecule has 0 N–H and O–H groups in total. The number of hydrogen-bond acceptors (Lipinski definition) is 4. The van der Waals surface area contributed by atoms with Crippen molar-refractivity contribution in [2.45, 2.75) is 11.7 Å². The first-order valence-corrected chi connectivity index (χ1v) is 8.92. The van der Waals surface area contributed by atoms with Crippen LogP contribution in [0.2, 0.25) is 10.0 Å². The summed E-state index contributed by atoms with van der Waals surface area (Å²) in [5.74, 6) is 0. The van der Waals surface area contributed by atoms with E-state index in [4.69, 9.17) is 28.5 Å². The molecule has 0 atom stereocenters. The Morgan fingerprint density at radius 1 is 1.14 bits per heavy atom. The number of sulfonamides is 1. The van der Waals surface area contributed by atoms with E-state index in [1.807, 2.05) is 0 Å². The van der Waals surface area contributed by atoms with Gasteiger partial charge < -0.3 is 0 Å². The van der Waals surface area contributed by atoms with Gasteiger partial charge in [0.25, 0.3) is 0 Å². The summed E-state index contributed by atoms with van der Waals surface area (Å²) in [6.45, 7) is 0. The molecule has 2 aromatic rings. The van der Waals surface area contributed by atoms with Gasteiger partial charge in [0.1, 0.15) is 17.4 Å². The van der Waals surface area contributed by atoms with Gasteiger partial charge in [0.15, 0.2) is 5.69 Å². The van der Waals surface area contributed by atoms with E-state index in [0.717, 1.165) is 0 Å². The highest BCUT2D eigenvalue weighted by Gasteiger charge is 2.50. The Hall–Kier alpha value is -2.17.